The summed E-state index contributed by atoms with van der Waals surface area (Å²) in [6, 6.07) is 13.1. The molecule has 0 unspecified atom stereocenters. The Morgan fingerprint density at radius 1 is 0.688 bits per heavy atom. The van der Waals surface area contributed by atoms with E-state index in [4.69, 9.17) is 9.47 Å². The van der Waals surface area contributed by atoms with E-state index >= 15 is 0 Å². The third-order valence-electron chi connectivity index (χ3n) is 5.75. The number of sulfonamides is 2. The first-order valence-electron chi connectivity index (χ1n) is 10.4. The molecule has 9 nitrogen and oxygen atoms in total. The van der Waals surface area contributed by atoms with Gasteiger partial charge in [0.15, 0.2) is 0 Å². The van der Waals surface area contributed by atoms with Gasteiger partial charge in [-0.25, -0.2) is 16.8 Å². The first kappa shape index (κ1) is 23.0. The summed E-state index contributed by atoms with van der Waals surface area (Å²) in [4.78, 5) is 2.31. The standard InChI is InChI=1S/C21H27N3O6S2/c1-29-19-4-2-18(3-5-19)22-10-12-23(13-11-22)31(25,26)20-6-8-21(9-7-20)32(27,28)24-14-16-30-17-15-24/h2-9H,10-17H2,1H3. The number of hydrogen-bond acceptors (Lipinski definition) is 7. The zero-order chi connectivity index (χ0) is 22.8. The van der Waals surface area contributed by atoms with Gasteiger partial charge in [-0.3, -0.25) is 0 Å². The van der Waals surface area contributed by atoms with Crippen LogP contribution in [0.15, 0.2) is 58.3 Å². The number of rotatable bonds is 6. The molecule has 0 spiro atoms. The van der Waals surface area contributed by atoms with E-state index < -0.39 is 20.0 Å². The Hall–Kier alpha value is -2.18. The maximum atomic E-state index is 13.1. The second-order valence-corrected chi connectivity index (χ2v) is 11.5. The molecule has 0 radical (unpaired) electrons. The van der Waals surface area contributed by atoms with Crippen LogP contribution in [0.3, 0.4) is 0 Å². The molecular weight excluding hydrogens is 454 g/mol. The summed E-state index contributed by atoms with van der Waals surface area (Å²) in [5, 5.41) is 0. The molecule has 2 aromatic carbocycles. The van der Waals surface area contributed by atoms with Gasteiger partial charge in [0.1, 0.15) is 5.75 Å². The summed E-state index contributed by atoms with van der Waals surface area (Å²) >= 11 is 0. The van der Waals surface area contributed by atoms with Crippen LogP contribution < -0.4 is 9.64 Å². The van der Waals surface area contributed by atoms with Gasteiger partial charge in [-0.15, -0.1) is 0 Å². The van der Waals surface area contributed by atoms with Crippen LogP contribution in [-0.4, -0.2) is 85.0 Å². The van der Waals surface area contributed by atoms with Crippen LogP contribution in [0.5, 0.6) is 5.75 Å². The Bertz CT molecular complexity index is 1120. The second-order valence-electron chi connectivity index (χ2n) is 7.58. The van der Waals surface area contributed by atoms with E-state index in [2.05, 4.69) is 4.90 Å². The molecule has 2 aliphatic rings. The van der Waals surface area contributed by atoms with Crippen LogP contribution >= 0.6 is 0 Å². The Kier molecular flexibility index (Phi) is 6.72. The molecule has 32 heavy (non-hydrogen) atoms. The summed E-state index contributed by atoms with van der Waals surface area (Å²) in [6.07, 6.45) is 0. The van der Waals surface area contributed by atoms with Crippen molar-refractivity contribution in [2.75, 3.05) is 64.5 Å². The van der Waals surface area contributed by atoms with E-state index in [0.717, 1.165) is 11.4 Å². The highest BCUT2D eigenvalue weighted by Crippen LogP contribution is 2.25. The molecule has 4 rings (SSSR count). The molecule has 2 aromatic rings. The summed E-state index contributed by atoms with van der Waals surface area (Å²) in [7, 11) is -5.76. The van der Waals surface area contributed by atoms with Crippen LogP contribution in [0.1, 0.15) is 0 Å². The van der Waals surface area contributed by atoms with E-state index in [1.54, 1.807) is 7.11 Å². The monoisotopic (exact) mass is 481 g/mol. The topological polar surface area (TPSA) is 96.5 Å². The molecule has 0 aromatic heterocycles. The van der Waals surface area contributed by atoms with Gasteiger partial charge >= 0.3 is 0 Å². The average molecular weight is 482 g/mol. The minimum absolute atomic E-state index is 0.0858. The van der Waals surface area contributed by atoms with Crippen molar-refractivity contribution < 1.29 is 26.3 Å². The summed E-state index contributed by atoms with van der Waals surface area (Å²) in [5.74, 6) is 0.772. The van der Waals surface area contributed by atoms with Crippen molar-refractivity contribution in [3.8, 4) is 5.75 Å². The zero-order valence-electron chi connectivity index (χ0n) is 17.9. The highest BCUT2D eigenvalue weighted by Gasteiger charge is 2.30. The van der Waals surface area contributed by atoms with Gasteiger partial charge in [-0.2, -0.15) is 8.61 Å². The highest BCUT2D eigenvalue weighted by molar-refractivity contribution is 7.89. The van der Waals surface area contributed by atoms with Gasteiger partial charge in [-0.05, 0) is 48.5 Å². The Morgan fingerprint density at radius 3 is 1.62 bits per heavy atom. The van der Waals surface area contributed by atoms with Gasteiger partial charge in [0.2, 0.25) is 20.0 Å². The summed E-state index contributed by atoms with van der Waals surface area (Å²) in [6.45, 7) is 3.12. The fourth-order valence-corrected chi connectivity index (χ4v) is 6.68. The van der Waals surface area contributed by atoms with Gasteiger partial charge < -0.3 is 14.4 Å². The first-order valence-corrected chi connectivity index (χ1v) is 13.3. The Morgan fingerprint density at radius 2 is 1.16 bits per heavy atom. The average Bonchev–Trinajstić information content (AvgIpc) is 2.85. The number of anilines is 1. The molecule has 0 N–H and O–H groups in total. The van der Waals surface area contributed by atoms with Crippen LogP contribution in [0.25, 0.3) is 0 Å². The van der Waals surface area contributed by atoms with E-state index in [1.807, 2.05) is 24.3 Å². The lowest BCUT2D eigenvalue weighted by molar-refractivity contribution is 0.0730. The molecule has 174 valence electrons. The van der Waals surface area contributed by atoms with Gasteiger partial charge in [-0.1, -0.05) is 0 Å². The van der Waals surface area contributed by atoms with Gasteiger partial charge in [0.25, 0.3) is 0 Å². The number of morpholine rings is 1. The van der Waals surface area contributed by atoms with E-state index in [1.165, 1.54) is 32.9 Å². The Balaban J connectivity index is 1.43. The zero-order valence-corrected chi connectivity index (χ0v) is 19.5. The molecule has 2 heterocycles. The molecule has 2 fully saturated rings. The van der Waals surface area contributed by atoms with Crippen molar-refractivity contribution in [3.63, 3.8) is 0 Å². The second kappa shape index (κ2) is 9.36. The molecule has 0 saturated carbocycles. The largest absolute Gasteiger partial charge is 0.497 e. The van der Waals surface area contributed by atoms with Crippen molar-refractivity contribution in [2.24, 2.45) is 0 Å². The molecular formula is C21H27N3O6S2. The normalized spacial score (nSPS) is 19.1. The third-order valence-corrected chi connectivity index (χ3v) is 9.57. The predicted octanol–water partition coefficient (Wildman–Crippen LogP) is 1.23. The van der Waals surface area contributed by atoms with Crippen molar-refractivity contribution in [1.29, 1.82) is 0 Å². The minimum atomic E-state index is -3.71. The van der Waals surface area contributed by atoms with Crippen LogP contribution in [0.2, 0.25) is 0 Å². The van der Waals surface area contributed by atoms with Crippen molar-refractivity contribution >= 4 is 25.7 Å². The molecule has 11 heteroatoms. The molecule has 0 aliphatic carbocycles. The molecule has 0 amide bonds. The number of methoxy groups -OCH3 is 1. The van der Waals surface area contributed by atoms with Gasteiger partial charge in [0, 0.05) is 45.0 Å². The Labute approximate surface area is 189 Å². The fourth-order valence-electron chi connectivity index (χ4n) is 3.85. The van der Waals surface area contributed by atoms with E-state index in [0.29, 0.717) is 52.5 Å². The minimum Gasteiger partial charge on any atom is -0.497 e. The predicted molar refractivity (Wildman–Crippen MR) is 120 cm³/mol. The van der Waals surface area contributed by atoms with Gasteiger partial charge in [0.05, 0.1) is 30.1 Å². The summed E-state index contributed by atoms with van der Waals surface area (Å²) in [5.41, 5.74) is 1.01. The lowest BCUT2D eigenvalue weighted by atomic mass is 10.2. The number of nitrogens with zero attached hydrogens (tertiary/aromatic N) is 3. The lowest BCUT2D eigenvalue weighted by Gasteiger charge is -2.35. The third kappa shape index (κ3) is 4.62. The lowest BCUT2D eigenvalue weighted by Crippen LogP contribution is -2.48. The van der Waals surface area contributed by atoms with Crippen LogP contribution in [-0.2, 0) is 24.8 Å². The molecule has 0 bridgehead atoms. The number of hydrogen-bond donors (Lipinski definition) is 0. The van der Waals surface area contributed by atoms with Crippen molar-refractivity contribution in [2.45, 2.75) is 9.79 Å². The molecule has 0 atom stereocenters. The van der Waals surface area contributed by atoms with Crippen LogP contribution in [0.4, 0.5) is 5.69 Å². The highest BCUT2D eigenvalue weighted by atomic mass is 32.2. The first-order chi connectivity index (χ1) is 15.3. The maximum Gasteiger partial charge on any atom is 0.243 e. The van der Waals surface area contributed by atoms with E-state index in [-0.39, 0.29) is 9.79 Å². The molecule has 2 aliphatic heterocycles. The maximum absolute atomic E-state index is 13.1. The quantitative estimate of drug-likeness (QED) is 0.612. The van der Waals surface area contributed by atoms with Crippen molar-refractivity contribution in [1.82, 2.24) is 8.61 Å². The summed E-state index contributed by atoms with van der Waals surface area (Å²) < 4.78 is 64.9. The SMILES string of the molecule is COc1ccc(N2CCN(S(=O)(=O)c3ccc(S(=O)(=O)N4CCOCC4)cc3)CC2)cc1. The van der Waals surface area contributed by atoms with Crippen LogP contribution in [0, 0.1) is 0 Å². The number of benzene rings is 2. The van der Waals surface area contributed by atoms with E-state index in [9.17, 15) is 16.8 Å². The smallest absolute Gasteiger partial charge is 0.243 e. The van der Waals surface area contributed by atoms with Crippen molar-refractivity contribution in [3.05, 3.63) is 48.5 Å². The molecule has 2 saturated heterocycles. The number of piperazine rings is 1. The number of ether oxygens (including phenoxy) is 2. The fraction of sp³-hybridized carbons (Fsp3) is 0.429.